The molecule has 1 aliphatic rings. The van der Waals surface area contributed by atoms with Crippen LogP contribution in [-0.2, 0) is 4.79 Å². The first-order valence-corrected chi connectivity index (χ1v) is 11.5. The van der Waals surface area contributed by atoms with Gasteiger partial charge in [0, 0.05) is 19.5 Å². The second-order valence-corrected chi connectivity index (χ2v) is 8.41. The van der Waals surface area contributed by atoms with E-state index in [1.54, 1.807) is 0 Å². The van der Waals surface area contributed by atoms with Crippen LogP contribution >= 0.6 is 0 Å². The Morgan fingerprint density at radius 3 is 1.80 bits per heavy atom. The van der Waals surface area contributed by atoms with Gasteiger partial charge in [0.15, 0.2) is 0 Å². The molecule has 1 unspecified atom stereocenters. The number of carbonyl (C=O) groups is 1. The zero-order valence-electron chi connectivity index (χ0n) is 17.4. The van der Waals surface area contributed by atoms with Crippen molar-refractivity contribution in [2.24, 2.45) is 5.92 Å². The summed E-state index contributed by atoms with van der Waals surface area (Å²) in [7, 11) is 0. The highest BCUT2D eigenvalue weighted by Gasteiger charge is 2.16. The predicted octanol–water partition coefficient (Wildman–Crippen LogP) is 7.12. The molecule has 25 heavy (non-hydrogen) atoms. The summed E-state index contributed by atoms with van der Waals surface area (Å²) < 4.78 is 0. The highest BCUT2D eigenvalue weighted by Crippen LogP contribution is 2.18. The first-order chi connectivity index (χ1) is 12.2. The Morgan fingerprint density at radius 1 is 0.760 bits per heavy atom. The molecule has 0 saturated carbocycles. The van der Waals surface area contributed by atoms with Crippen LogP contribution in [0.4, 0.5) is 0 Å². The van der Waals surface area contributed by atoms with Gasteiger partial charge in [0.05, 0.1) is 0 Å². The van der Waals surface area contributed by atoms with Crippen LogP contribution in [0, 0.1) is 5.92 Å². The minimum atomic E-state index is 0.404. The number of nitrogens with zero attached hydrogens (tertiary/aromatic N) is 1. The maximum atomic E-state index is 11.9. The first-order valence-electron chi connectivity index (χ1n) is 11.5. The Labute approximate surface area is 158 Å². The smallest absolute Gasteiger partial charge is 0.222 e. The van der Waals surface area contributed by atoms with E-state index in [1.807, 2.05) is 0 Å². The SMILES string of the molecule is CCCCCCC(C)CCCCCCCCCCC(=O)N1CCCC1. The van der Waals surface area contributed by atoms with Crippen LogP contribution in [0.1, 0.15) is 123 Å². The second kappa shape index (κ2) is 15.7. The fraction of sp³-hybridized carbons (Fsp3) is 0.957. The molecular formula is C23H45NO. The normalized spacial score (nSPS) is 15.7. The lowest BCUT2D eigenvalue weighted by molar-refractivity contribution is -0.130. The summed E-state index contributed by atoms with van der Waals surface area (Å²) in [5, 5.41) is 0. The van der Waals surface area contributed by atoms with Crippen molar-refractivity contribution in [2.45, 2.75) is 123 Å². The van der Waals surface area contributed by atoms with E-state index < -0.39 is 0 Å². The van der Waals surface area contributed by atoms with Crippen LogP contribution in [0.15, 0.2) is 0 Å². The number of unbranched alkanes of at least 4 members (excludes halogenated alkanes) is 10. The summed E-state index contributed by atoms with van der Waals surface area (Å²) in [6.45, 7) is 6.75. The molecule has 1 fully saturated rings. The maximum absolute atomic E-state index is 11.9. The van der Waals surface area contributed by atoms with E-state index in [2.05, 4.69) is 18.7 Å². The van der Waals surface area contributed by atoms with Gasteiger partial charge in [-0.2, -0.15) is 0 Å². The van der Waals surface area contributed by atoms with Gasteiger partial charge in [0.25, 0.3) is 0 Å². The van der Waals surface area contributed by atoms with Crippen molar-refractivity contribution in [3.05, 3.63) is 0 Å². The van der Waals surface area contributed by atoms with Crippen molar-refractivity contribution in [1.29, 1.82) is 0 Å². The van der Waals surface area contributed by atoms with Gasteiger partial charge in [-0.25, -0.2) is 0 Å². The minimum absolute atomic E-state index is 0.404. The summed E-state index contributed by atoms with van der Waals surface area (Å²) in [5.74, 6) is 1.34. The molecule has 1 amide bonds. The van der Waals surface area contributed by atoms with Crippen molar-refractivity contribution < 1.29 is 4.79 Å². The Kier molecular flexibility index (Phi) is 14.1. The van der Waals surface area contributed by atoms with E-state index in [4.69, 9.17) is 0 Å². The van der Waals surface area contributed by atoms with E-state index in [0.717, 1.165) is 31.8 Å². The number of likely N-dealkylation sites (tertiary alicyclic amines) is 1. The molecule has 0 aromatic rings. The standard InChI is InChI=1S/C23H45NO/c1-3-4-5-12-17-22(2)18-13-10-8-6-7-9-11-14-19-23(25)24-20-15-16-21-24/h22H,3-21H2,1-2H3. The van der Waals surface area contributed by atoms with Crippen LogP contribution < -0.4 is 0 Å². The third-order valence-corrected chi connectivity index (χ3v) is 5.85. The van der Waals surface area contributed by atoms with Crippen molar-refractivity contribution >= 4 is 5.91 Å². The monoisotopic (exact) mass is 351 g/mol. The number of amides is 1. The highest BCUT2D eigenvalue weighted by molar-refractivity contribution is 5.76. The fourth-order valence-electron chi connectivity index (χ4n) is 4.02. The van der Waals surface area contributed by atoms with E-state index in [9.17, 15) is 4.79 Å². The average molecular weight is 352 g/mol. The van der Waals surface area contributed by atoms with Crippen molar-refractivity contribution in [3.63, 3.8) is 0 Å². The lowest BCUT2D eigenvalue weighted by Crippen LogP contribution is -2.27. The Hall–Kier alpha value is -0.530. The minimum Gasteiger partial charge on any atom is -0.343 e. The number of hydrogen-bond acceptors (Lipinski definition) is 1. The zero-order valence-corrected chi connectivity index (χ0v) is 17.4. The third kappa shape index (κ3) is 12.5. The van der Waals surface area contributed by atoms with Crippen molar-refractivity contribution in [1.82, 2.24) is 4.90 Å². The molecule has 2 heteroatoms. The van der Waals surface area contributed by atoms with Gasteiger partial charge in [-0.15, -0.1) is 0 Å². The maximum Gasteiger partial charge on any atom is 0.222 e. The van der Waals surface area contributed by atoms with Gasteiger partial charge in [-0.1, -0.05) is 97.3 Å². The van der Waals surface area contributed by atoms with Crippen molar-refractivity contribution in [3.8, 4) is 0 Å². The highest BCUT2D eigenvalue weighted by atomic mass is 16.2. The lowest BCUT2D eigenvalue weighted by Gasteiger charge is -2.14. The molecule has 0 radical (unpaired) electrons. The molecule has 0 aromatic heterocycles. The molecule has 0 aliphatic carbocycles. The van der Waals surface area contributed by atoms with Gasteiger partial charge in [-0.3, -0.25) is 4.79 Å². The van der Waals surface area contributed by atoms with Crippen LogP contribution in [0.2, 0.25) is 0 Å². The van der Waals surface area contributed by atoms with Crippen LogP contribution in [-0.4, -0.2) is 23.9 Å². The average Bonchev–Trinajstić information content (AvgIpc) is 3.15. The Bertz CT molecular complexity index is 309. The van der Waals surface area contributed by atoms with E-state index >= 15 is 0 Å². The van der Waals surface area contributed by atoms with Gasteiger partial charge in [0.1, 0.15) is 0 Å². The predicted molar refractivity (Wildman–Crippen MR) is 110 cm³/mol. The Balaban J connectivity index is 1.77. The molecule has 1 heterocycles. The van der Waals surface area contributed by atoms with Crippen LogP contribution in [0.5, 0.6) is 0 Å². The van der Waals surface area contributed by atoms with Gasteiger partial charge < -0.3 is 4.90 Å². The first kappa shape index (κ1) is 22.5. The lowest BCUT2D eigenvalue weighted by atomic mass is 9.96. The summed E-state index contributed by atoms with van der Waals surface area (Å²) in [6.07, 6.45) is 22.4. The quantitative estimate of drug-likeness (QED) is 0.271. The topological polar surface area (TPSA) is 20.3 Å². The zero-order chi connectivity index (χ0) is 18.2. The summed E-state index contributed by atoms with van der Waals surface area (Å²) in [4.78, 5) is 14.0. The van der Waals surface area contributed by atoms with Gasteiger partial charge in [0.2, 0.25) is 5.91 Å². The molecular weight excluding hydrogens is 306 g/mol. The van der Waals surface area contributed by atoms with E-state index in [-0.39, 0.29) is 0 Å². The molecule has 2 nitrogen and oxygen atoms in total. The number of rotatable bonds is 16. The number of hydrogen-bond donors (Lipinski definition) is 0. The van der Waals surface area contributed by atoms with Gasteiger partial charge in [-0.05, 0) is 25.2 Å². The summed E-state index contributed by atoms with van der Waals surface area (Å²) >= 11 is 0. The molecule has 0 bridgehead atoms. The Morgan fingerprint density at radius 2 is 1.24 bits per heavy atom. The molecule has 1 rings (SSSR count). The van der Waals surface area contributed by atoms with Crippen molar-refractivity contribution in [2.75, 3.05) is 13.1 Å². The van der Waals surface area contributed by atoms with E-state index in [1.165, 1.54) is 96.3 Å². The fourth-order valence-corrected chi connectivity index (χ4v) is 4.02. The van der Waals surface area contributed by atoms with Gasteiger partial charge >= 0.3 is 0 Å². The molecule has 0 N–H and O–H groups in total. The largest absolute Gasteiger partial charge is 0.343 e. The van der Waals surface area contributed by atoms with Crippen LogP contribution in [0.25, 0.3) is 0 Å². The van der Waals surface area contributed by atoms with Crippen LogP contribution in [0.3, 0.4) is 0 Å². The molecule has 1 atom stereocenters. The number of carbonyl (C=O) groups excluding carboxylic acids is 1. The molecule has 0 aromatic carbocycles. The summed E-state index contributed by atoms with van der Waals surface area (Å²) in [6, 6.07) is 0. The molecule has 0 spiro atoms. The second-order valence-electron chi connectivity index (χ2n) is 8.41. The van der Waals surface area contributed by atoms with E-state index in [0.29, 0.717) is 5.91 Å². The molecule has 1 aliphatic heterocycles. The molecule has 1 saturated heterocycles. The molecule has 148 valence electrons. The summed E-state index contributed by atoms with van der Waals surface area (Å²) in [5.41, 5.74) is 0. The third-order valence-electron chi connectivity index (χ3n) is 5.85.